The van der Waals surface area contributed by atoms with Crippen LogP contribution in [0.1, 0.15) is 34.3 Å². The SMILES string of the molecule is O=C(c1cccc(S(=O)(=O)NCc2ccccc2)c1)N(Cc1c(F)cccc1Cl)C1CC1. The minimum Gasteiger partial charge on any atom is -0.331 e. The summed E-state index contributed by atoms with van der Waals surface area (Å²) in [6.07, 6.45) is 1.63. The van der Waals surface area contributed by atoms with E-state index in [4.69, 9.17) is 11.6 Å². The number of carbonyl (C=O) groups excluding carboxylic acids is 1. The van der Waals surface area contributed by atoms with Crippen molar-refractivity contribution in [1.82, 2.24) is 9.62 Å². The number of carbonyl (C=O) groups is 1. The summed E-state index contributed by atoms with van der Waals surface area (Å²) < 4.78 is 42.4. The lowest BCUT2D eigenvalue weighted by Crippen LogP contribution is -2.33. The fraction of sp³-hybridized carbons (Fsp3) is 0.208. The van der Waals surface area contributed by atoms with E-state index < -0.39 is 15.8 Å². The first kappa shape index (κ1) is 22.5. The molecule has 1 aliphatic rings. The molecular formula is C24H22ClFN2O3S. The van der Waals surface area contributed by atoms with E-state index in [2.05, 4.69) is 4.72 Å². The fourth-order valence-corrected chi connectivity index (χ4v) is 4.71. The molecule has 0 aliphatic heterocycles. The third-order valence-electron chi connectivity index (χ3n) is 5.34. The van der Waals surface area contributed by atoms with E-state index in [1.807, 2.05) is 30.3 Å². The van der Waals surface area contributed by atoms with Crippen molar-refractivity contribution >= 4 is 27.5 Å². The van der Waals surface area contributed by atoms with Gasteiger partial charge in [0.15, 0.2) is 0 Å². The first-order chi connectivity index (χ1) is 15.3. The van der Waals surface area contributed by atoms with Gasteiger partial charge in [-0.3, -0.25) is 4.79 Å². The van der Waals surface area contributed by atoms with Crippen LogP contribution in [0.4, 0.5) is 4.39 Å². The summed E-state index contributed by atoms with van der Waals surface area (Å²) in [5, 5.41) is 0.255. The topological polar surface area (TPSA) is 66.5 Å². The van der Waals surface area contributed by atoms with E-state index in [-0.39, 0.29) is 46.1 Å². The molecule has 8 heteroatoms. The summed E-state index contributed by atoms with van der Waals surface area (Å²) in [6.45, 7) is 0.166. The number of nitrogens with zero attached hydrogens (tertiary/aromatic N) is 1. The van der Waals surface area contributed by atoms with Crippen molar-refractivity contribution in [1.29, 1.82) is 0 Å². The van der Waals surface area contributed by atoms with Crippen molar-refractivity contribution in [3.05, 3.63) is 100 Å². The van der Waals surface area contributed by atoms with Gasteiger partial charge in [-0.1, -0.05) is 54.1 Å². The fourth-order valence-electron chi connectivity index (χ4n) is 3.43. The lowest BCUT2D eigenvalue weighted by Gasteiger charge is -2.23. The average Bonchev–Trinajstić information content (AvgIpc) is 3.63. The molecule has 3 aromatic carbocycles. The molecule has 166 valence electrons. The molecule has 0 heterocycles. The smallest absolute Gasteiger partial charge is 0.254 e. The van der Waals surface area contributed by atoms with Gasteiger partial charge in [-0.25, -0.2) is 17.5 Å². The van der Waals surface area contributed by atoms with E-state index in [9.17, 15) is 17.6 Å². The molecule has 1 fully saturated rings. The number of amides is 1. The summed E-state index contributed by atoms with van der Waals surface area (Å²) in [4.78, 5) is 14.8. The highest BCUT2D eigenvalue weighted by molar-refractivity contribution is 7.89. The van der Waals surface area contributed by atoms with Gasteiger partial charge in [0.2, 0.25) is 10.0 Å². The van der Waals surface area contributed by atoms with E-state index >= 15 is 0 Å². The Morgan fingerprint density at radius 2 is 1.75 bits per heavy atom. The molecule has 0 atom stereocenters. The van der Waals surface area contributed by atoms with Crippen molar-refractivity contribution in [2.75, 3.05) is 0 Å². The number of halogens is 2. The van der Waals surface area contributed by atoms with Crippen LogP contribution in [0, 0.1) is 5.82 Å². The normalized spacial score (nSPS) is 13.7. The highest BCUT2D eigenvalue weighted by atomic mass is 35.5. The second-order valence-corrected chi connectivity index (χ2v) is 9.88. The van der Waals surface area contributed by atoms with E-state index in [1.165, 1.54) is 30.3 Å². The zero-order chi connectivity index (χ0) is 22.7. The van der Waals surface area contributed by atoms with Crippen LogP contribution in [0.2, 0.25) is 5.02 Å². The van der Waals surface area contributed by atoms with Crippen molar-refractivity contribution in [2.45, 2.75) is 36.9 Å². The molecule has 1 aliphatic carbocycles. The zero-order valence-electron chi connectivity index (χ0n) is 17.2. The van der Waals surface area contributed by atoms with E-state index in [0.717, 1.165) is 18.4 Å². The standard InChI is InChI=1S/C24H22ClFN2O3S/c25-22-10-5-11-23(26)21(22)16-28(19-12-13-19)24(29)18-8-4-9-20(14-18)32(30,31)27-15-17-6-2-1-3-7-17/h1-11,14,19,27H,12-13,15-16H2. The number of hydrogen-bond acceptors (Lipinski definition) is 3. The minimum atomic E-state index is -3.82. The summed E-state index contributed by atoms with van der Waals surface area (Å²) in [7, 11) is -3.82. The van der Waals surface area contributed by atoms with Gasteiger partial charge in [0.1, 0.15) is 5.82 Å². The van der Waals surface area contributed by atoms with Crippen LogP contribution in [-0.2, 0) is 23.1 Å². The third-order valence-corrected chi connectivity index (χ3v) is 7.09. The van der Waals surface area contributed by atoms with Gasteiger partial charge in [-0.05, 0) is 48.7 Å². The number of hydrogen-bond donors (Lipinski definition) is 1. The van der Waals surface area contributed by atoms with Gasteiger partial charge in [0.25, 0.3) is 5.91 Å². The van der Waals surface area contributed by atoms with Crippen molar-refractivity contribution in [2.24, 2.45) is 0 Å². The first-order valence-corrected chi connectivity index (χ1v) is 12.1. The predicted octanol–water partition coefficient (Wildman–Crippen LogP) is 4.76. The van der Waals surface area contributed by atoms with Crippen LogP contribution < -0.4 is 4.72 Å². The zero-order valence-corrected chi connectivity index (χ0v) is 18.7. The summed E-state index contributed by atoms with van der Waals surface area (Å²) in [5.74, 6) is -0.829. The highest BCUT2D eigenvalue weighted by Gasteiger charge is 2.34. The van der Waals surface area contributed by atoms with Crippen molar-refractivity contribution < 1.29 is 17.6 Å². The van der Waals surface area contributed by atoms with Crippen LogP contribution in [0.3, 0.4) is 0 Å². The Balaban J connectivity index is 1.55. The van der Waals surface area contributed by atoms with Crippen LogP contribution >= 0.6 is 11.6 Å². The molecule has 0 saturated heterocycles. The van der Waals surface area contributed by atoms with Crippen LogP contribution in [0.15, 0.2) is 77.7 Å². The van der Waals surface area contributed by atoms with Gasteiger partial charge < -0.3 is 4.90 Å². The van der Waals surface area contributed by atoms with E-state index in [0.29, 0.717) is 0 Å². The molecule has 4 rings (SSSR count). The van der Waals surface area contributed by atoms with Gasteiger partial charge in [-0.15, -0.1) is 0 Å². The number of sulfonamides is 1. The van der Waals surface area contributed by atoms with Crippen LogP contribution in [-0.4, -0.2) is 25.3 Å². The van der Waals surface area contributed by atoms with Crippen molar-refractivity contribution in [3.8, 4) is 0 Å². The van der Waals surface area contributed by atoms with Crippen molar-refractivity contribution in [3.63, 3.8) is 0 Å². The molecule has 3 aromatic rings. The maximum Gasteiger partial charge on any atom is 0.254 e. The Bertz CT molecular complexity index is 1210. The molecular weight excluding hydrogens is 451 g/mol. The summed E-state index contributed by atoms with van der Waals surface area (Å²) in [5.41, 5.74) is 1.31. The molecule has 0 unspecified atom stereocenters. The Morgan fingerprint density at radius 3 is 2.44 bits per heavy atom. The Labute approximate surface area is 191 Å². The van der Waals surface area contributed by atoms with Gasteiger partial charge in [0.05, 0.1) is 11.4 Å². The molecule has 1 N–H and O–H groups in total. The number of rotatable bonds is 8. The van der Waals surface area contributed by atoms with Gasteiger partial charge >= 0.3 is 0 Å². The lowest BCUT2D eigenvalue weighted by atomic mass is 10.1. The highest BCUT2D eigenvalue weighted by Crippen LogP contribution is 2.32. The molecule has 0 aromatic heterocycles. The maximum atomic E-state index is 14.3. The molecule has 0 radical (unpaired) electrons. The largest absolute Gasteiger partial charge is 0.331 e. The maximum absolute atomic E-state index is 14.3. The Hall–Kier alpha value is -2.74. The van der Waals surface area contributed by atoms with E-state index in [1.54, 1.807) is 17.0 Å². The predicted molar refractivity (Wildman–Crippen MR) is 121 cm³/mol. The molecule has 0 bridgehead atoms. The lowest BCUT2D eigenvalue weighted by molar-refractivity contribution is 0.0728. The third kappa shape index (κ3) is 5.18. The van der Waals surface area contributed by atoms with Gasteiger partial charge in [-0.2, -0.15) is 0 Å². The Kier molecular flexibility index (Phi) is 6.60. The number of nitrogens with one attached hydrogen (secondary N) is 1. The first-order valence-electron chi connectivity index (χ1n) is 10.2. The monoisotopic (exact) mass is 472 g/mol. The summed E-state index contributed by atoms with van der Waals surface area (Å²) in [6, 6.07) is 19.4. The minimum absolute atomic E-state index is 0.000970. The second-order valence-electron chi connectivity index (χ2n) is 7.70. The van der Waals surface area contributed by atoms with Gasteiger partial charge in [0, 0.05) is 28.7 Å². The average molecular weight is 473 g/mol. The molecule has 32 heavy (non-hydrogen) atoms. The quantitative estimate of drug-likeness (QED) is 0.514. The molecule has 1 saturated carbocycles. The van der Waals surface area contributed by atoms with Crippen LogP contribution in [0.5, 0.6) is 0 Å². The second kappa shape index (κ2) is 9.40. The molecule has 1 amide bonds. The Morgan fingerprint density at radius 1 is 1.03 bits per heavy atom. The molecule has 5 nitrogen and oxygen atoms in total. The number of benzene rings is 3. The van der Waals surface area contributed by atoms with Crippen LogP contribution in [0.25, 0.3) is 0 Å². The summed E-state index contributed by atoms with van der Waals surface area (Å²) >= 11 is 6.15. The molecule has 0 spiro atoms.